The molecular weight excluding hydrogens is 522 g/mol. The van der Waals surface area contributed by atoms with Crippen LogP contribution in [-0.4, -0.2) is 0 Å². The third-order valence-corrected chi connectivity index (χ3v) is 0. The monoisotopic (exact) mass is 521 g/mol. The van der Waals surface area contributed by atoms with Crippen molar-refractivity contribution >= 4 is 8.65 Å². The van der Waals surface area contributed by atoms with Gasteiger partial charge in [-0.05, 0) is 0 Å². The van der Waals surface area contributed by atoms with E-state index in [1.165, 1.54) is 0 Å². The van der Waals surface area contributed by atoms with Crippen LogP contribution in [0.5, 0.6) is 0 Å². The molecule has 8 heavy (non-hydrogen) atoms. The summed E-state index contributed by atoms with van der Waals surface area (Å²) in [6.07, 6.45) is 0. The second kappa shape index (κ2) is 66.7. The normalized spacial score (nSPS) is 1.50. The van der Waals surface area contributed by atoms with Crippen LogP contribution in [0, 0.1) is 0 Å². The first-order valence-corrected chi connectivity index (χ1v) is 7.31. The van der Waals surface area contributed by atoms with E-state index >= 15 is 0 Å². The Balaban J connectivity index is -0.00000000167. The van der Waals surface area contributed by atoms with Crippen LogP contribution in [0.15, 0.2) is 0 Å². The van der Waals surface area contributed by atoms with E-state index in [0.717, 1.165) is 23.7 Å². The maximum atomic E-state index is 8.38. The number of hydrogen-bond acceptors (Lipinski definition) is 2. The number of hydrogen-bond donors (Lipinski definition) is 0. The molecule has 0 saturated carbocycles. The van der Waals surface area contributed by atoms with Gasteiger partial charge in [-0.2, -0.15) is 0 Å². The number of rotatable bonds is 0. The third-order valence-electron chi connectivity index (χ3n) is 0. The molecule has 0 amide bonds. The average Bonchev–Trinajstić information content (AvgIpc) is 1.50. The van der Waals surface area contributed by atoms with E-state index in [-0.39, 0.29) is 99.2 Å². The maximum Gasteiger partial charge on any atom is 0 e. The summed E-state index contributed by atoms with van der Waals surface area (Å²) >= 11 is 0.858. The summed E-state index contributed by atoms with van der Waals surface area (Å²) in [7, 11) is 4.25. The van der Waals surface area contributed by atoms with Crippen LogP contribution < -0.4 is 0 Å². The minimum atomic E-state index is 0. The van der Waals surface area contributed by atoms with Crippen LogP contribution >= 0.6 is 8.65 Å². The van der Waals surface area contributed by atoms with Crippen molar-refractivity contribution < 1.29 is 126 Å². The van der Waals surface area contributed by atoms with Crippen molar-refractivity contribution in [3.05, 3.63) is 0 Å². The van der Waals surface area contributed by atoms with Gasteiger partial charge in [-0.1, -0.05) is 0 Å². The van der Waals surface area contributed by atoms with Gasteiger partial charge in [0.15, 0.2) is 0 Å². The Morgan fingerprint density at radius 2 is 1.25 bits per heavy atom. The van der Waals surface area contributed by atoms with Gasteiger partial charge in [0, 0.05) is 80.9 Å². The standard InChI is InChI=1S/2Cd.Cu.Mn.O.S.2Zn. The van der Waals surface area contributed by atoms with Gasteiger partial charge >= 0.3 is 54.2 Å². The van der Waals surface area contributed by atoms with Crippen molar-refractivity contribution in [3.8, 4) is 0 Å². The first-order chi connectivity index (χ1) is 2.00. The fourth-order valence-electron chi connectivity index (χ4n) is 0. The summed E-state index contributed by atoms with van der Waals surface area (Å²) < 4.78 is 8.38. The minimum Gasteiger partial charge on any atom is 0 e. The van der Waals surface area contributed by atoms with Gasteiger partial charge in [-0.15, -0.1) is 0 Å². The van der Waals surface area contributed by atoms with Gasteiger partial charge in [0.05, 0.1) is 0 Å². The van der Waals surface area contributed by atoms with E-state index in [1.54, 1.807) is 0 Å². The zero-order chi connectivity index (χ0) is 4.00. The van der Waals surface area contributed by atoms with E-state index in [0.29, 0.717) is 0 Å². The van der Waals surface area contributed by atoms with E-state index in [2.05, 4.69) is 8.65 Å². The van der Waals surface area contributed by atoms with E-state index < -0.39 is 0 Å². The second-order valence-electron chi connectivity index (χ2n) is 0. The molecule has 0 heterocycles. The summed E-state index contributed by atoms with van der Waals surface area (Å²) in [4.78, 5) is 0. The zero-order valence-electron chi connectivity index (χ0n) is 4.32. The Hall–Kier alpha value is 4.15. The molecule has 0 bridgehead atoms. The second-order valence-corrected chi connectivity index (χ2v) is 0. The summed E-state index contributed by atoms with van der Waals surface area (Å²) in [5.41, 5.74) is 0. The molecule has 0 saturated heterocycles. The molecule has 1 nitrogen and oxygen atoms in total. The quantitative estimate of drug-likeness (QED) is 0.432. The SMILES string of the molecule is [Cd].[Cu].[Mn].[O]=[Zn].[S]=[Cd].[Zn]. The van der Waals surface area contributed by atoms with Gasteiger partial charge in [0.25, 0.3) is 0 Å². The van der Waals surface area contributed by atoms with E-state index in [1.807, 2.05) is 0 Å². The molecule has 2 radical (unpaired) electrons. The van der Waals surface area contributed by atoms with Crippen molar-refractivity contribution in [3.63, 3.8) is 0 Å². The smallest absolute Gasteiger partial charge is 0 e. The molecule has 0 rings (SSSR count). The minimum absolute atomic E-state index is 0. The predicted octanol–water partition coefficient (Wildman–Crippen LogP) is 0.514. The molecule has 0 aromatic carbocycles. The zero-order valence-corrected chi connectivity index (χ0v) is 21.3. The molecule has 0 fully saturated rings. The molecule has 0 N–H and O–H groups in total. The molecule has 38 valence electrons. The fourth-order valence-corrected chi connectivity index (χ4v) is 0. The van der Waals surface area contributed by atoms with Crippen LogP contribution in [0.4, 0.5) is 0 Å². The molecule has 0 unspecified atom stereocenters. The fraction of sp³-hybridized carbons (Fsp3) is 0. The van der Waals surface area contributed by atoms with Crippen LogP contribution in [0.2, 0.25) is 0 Å². The maximum absolute atomic E-state index is 8.38. The van der Waals surface area contributed by atoms with Crippen LogP contribution in [-0.2, 0) is 126 Å². The van der Waals surface area contributed by atoms with Crippen molar-refractivity contribution in [1.29, 1.82) is 0 Å². The van der Waals surface area contributed by atoms with E-state index in [9.17, 15) is 0 Å². The molecule has 0 aromatic rings. The predicted molar refractivity (Wildman–Crippen MR) is 8.28 cm³/mol. The molecule has 0 aromatic heterocycles. The third kappa shape index (κ3) is 49.3. The van der Waals surface area contributed by atoms with Gasteiger partial charge in [0.2, 0.25) is 0 Å². The Morgan fingerprint density at radius 1 is 1.25 bits per heavy atom. The first kappa shape index (κ1) is 39.9. The molecule has 0 atom stereocenters. The van der Waals surface area contributed by atoms with Crippen LogP contribution in [0.1, 0.15) is 0 Å². The van der Waals surface area contributed by atoms with Gasteiger partial charge in [-0.3, -0.25) is 0 Å². The molecule has 0 aliphatic heterocycles. The van der Waals surface area contributed by atoms with Crippen LogP contribution in [0.3, 0.4) is 0 Å². The summed E-state index contributed by atoms with van der Waals surface area (Å²) in [5, 5.41) is 0. The van der Waals surface area contributed by atoms with Gasteiger partial charge in [0.1, 0.15) is 0 Å². The van der Waals surface area contributed by atoms with Gasteiger partial charge in [-0.25, -0.2) is 0 Å². The molecule has 0 aliphatic carbocycles. The first-order valence-electron chi connectivity index (χ1n) is 0.577. The summed E-state index contributed by atoms with van der Waals surface area (Å²) in [6, 6.07) is 0. The van der Waals surface area contributed by atoms with Crippen LogP contribution in [0.25, 0.3) is 0 Å². The Morgan fingerprint density at radius 3 is 1.25 bits per heavy atom. The van der Waals surface area contributed by atoms with Gasteiger partial charge < -0.3 is 0 Å². The van der Waals surface area contributed by atoms with Crippen molar-refractivity contribution in [2.75, 3.05) is 0 Å². The van der Waals surface area contributed by atoms with E-state index in [4.69, 9.17) is 3.57 Å². The topological polar surface area (TPSA) is 17.1 Å². The average molecular weight is 522 g/mol. The van der Waals surface area contributed by atoms with Crippen molar-refractivity contribution in [2.24, 2.45) is 0 Å². The summed E-state index contributed by atoms with van der Waals surface area (Å²) in [6.45, 7) is 0. The Bertz CT molecular complexity index is 22.0. The Kier molecular flexibility index (Phi) is 333. The molecule has 8 heteroatoms. The Labute approximate surface area is 132 Å². The summed E-state index contributed by atoms with van der Waals surface area (Å²) in [5.74, 6) is 0. The van der Waals surface area contributed by atoms with Crippen molar-refractivity contribution in [1.82, 2.24) is 0 Å². The van der Waals surface area contributed by atoms with Crippen molar-refractivity contribution in [2.45, 2.75) is 0 Å². The largest absolute Gasteiger partial charge is 0 e. The molecule has 0 aliphatic rings. The molecular formula is Cd2CuMnOSZn2. The molecule has 0 spiro atoms.